The predicted molar refractivity (Wildman–Crippen MR) is 130 cm³/mol. The van der Waals surface area contributed by atoms with Crippen LogP contribution in [-0.2, 0) is 11.3 Å². The average molecular weight is 485 g/mol. The van der Waals surface area contributed by atoms with Crippen LogP contribution in [-0.4, -0.2) is 22.9 Å². The number of nitrogens with zero attached hydrogens (tertiary/aromatic N) is 1. The number of rotatable bonds is 8. The van der Waals surface area contributed by atoms with Crippen LogP contribution < -0.4 is 16.8 Å². The lowest BCUT2D eigenvalue weighted by Gasteiger charge is -2.18. The van der Waals surface area contributed by atoms with Gasteiger partial charge < -0.3 is 21.9 Å². The molecule has 9 heteroatoms. The molecule has 3 aromatic carbocycles. The molecular formula is C24H22Cl2N4O3. The lowest BCUT2D eigenvalue weighted by atomic mass is 9.87. The van der Waals surface area contributed by atoms with Gasteiger partial charge in [-0.1, -0.05) is 53.5 Å². The molecule has 1 amide bonds. The molecule has 33 heavy (non-hydrogen) atoms. The standard InChI is InChI=1S/C24H22Cl2N4O3/c25-18-8-17(9-19(26)11-18)21(12-22(31)32)15-4-1-3-14(7-15)13-29-23(33)16-5-2-6-20(10-16)30-24(27)28/h1-11,21H,12-13H2,(H,29,33)(H,31,32)(H4,27,28,30). The first-order chi connectivity index (χ1) is 15.7. The lowest BCUT2D eigenvalue weighted by molar-refractivity contribution is -0.137. The molecule has 0 aliphatic heterocycles. The molecule has 0 fully saturated rings. The minimum atomic E-state index is -0.949. The first kappa shape index (κ1) is 24.1. The molecule has 0 spiro atoms. The molecule has 7 nitrogen and oxygen atoms in total. The van der Waals surface area contributed by atoms with Crippen molar-refractivity contribution in [2.75, 3.05) is 0 Å². The molecule has 170 valence electrons. The quantitative estimate of drug-likeness (QED) is 0.277. The molecule has 0 bridgehead atoms. The minimum Gasteiger partial charge on any atom is -0.481 e. The molecule has 3 aromatic rings. The van der Waals surface area contributed by atoms with Crippen molar-refractivity contribution in [1.82, 2.24) is 5.32 Å². The van der Waals surface area contributed by atoms with E-state index in [0.29, 0.717) is 26.9 Å². The second-order valence-corrected chi connectivity index (χ2v) is 8.24. The van der Waals surface area contributed by atoms with Gasteiger partial charge in [-0.05, 0) is 53.1 Å². The summed E-state index contributed by atoms with van der Waals surface area (Å²) in [6.07, 6.45) is -0.135. The summed E-state index contributed by atoms with van der Waals surface area (Å²) < 4.78 is 0. The number of benzene rings is 3. The largest absolute Gasteiger partial charge is 0.481 e. The number of aliphatic carboxylic acids is 1. The molecule has 0 aliphatic carbocycles. The van der Waals surface area contributed by atoms with E-state index in [1.807, 2.05) is 24.3 Å². The fourth-order valence-electron chi connectivity index (χ4n) is 3.45. The normalized spacial score (nSPS) is 11.5. The highest BCUT2D eigenvalue weighted by molar-refractivity contribution is 6.34. The van der Waals surface area contributed by atoms with E-state index < -0.39 is 11.9 Å². The van der Waals surface area contributed by atoms with E-state index in [-0.39, 0.29) is 24.8 Å². The highest BCUT2D eigenvalue weighted by Crippen LogP contribution is 2.32. The smallest absolute Gasteiger partial charge is 0.304 e. The third kappa shape index (κ3) is 6.97. The Kier molecular flexibility index (Phi) is 7.92. The van der Waals surface area contributed by atoms with Crippen molar-refractivity contribution in [2.24, 2.45) is 16.5 Å². The van der Waals surface area contributed by atoms with Gasteiger partial charge in [0.05, 0.1) is 12.1 Å². The zero-order valence-electron chi connectivity index (χ0n) is 17.5. The summed E-state index contributed by atoms with van der Waals surface area (Å²) in [5, 5.41) is 13.2. The summed E-state index contributed by atoms with van der Waals surface area (Å²) >= 11 is 12.3. The monoisotopic (exact) mass is 484 g/mol. The Balaban J connectivity index is 1.80. The van der Waals surface area contributed by atoms with Gasteiger partial charge in [-0.25, -0.2) is 4.99 Å². The first-order valence-corrected chi connectivity index (χ1v) is 10.7. The van der Waals surface area contributed by atoms with Crippen molar-refractivity contribution < 1.29 is 14.7 Å². The van der Waals surface area contributed by atoms with Gasteiger partial charge in [-0.2, -0.15) is 0 Å². The number of carbonyl (C=O) groups excluding carboxylic acids is 1. The SMILES string of the molecule is NC(N)=Nc1cccc(C(=O)NCc2cccc(C(CC(=O)O)c3cc(Cl)cc(Cl)c3)c2)c1. The van der Waals surface area contributed by atoms with Crippen molar-refractivity contribution in [2.45, 2.75) is 18.9 Å². The molecule has 1 unspecified atom stereocenters. The molecule has 0 saturated carbocycles. The summed E-state index contributed by atoms with van der Waals surface area (Å²) in [5.41, 5.74) is 13.9. The third-order valence-electron chi connectivity index (χ3n) is 4.84. The third-order valence-corrected chi connectivity index (χ3v) is 5.28. The summed E-state index contributed by atoms with van der Waals surface area (Å²) in [6, 6.07) is 19.0. The summed E-state index contributed by atoms with van der Waals surface area (Å²) in [5.74, 6) is -1.79. The fraction of sp³-hybridized carbons (Fsp3) is 0.125. The number of carboxylic acid groups (broad SMARTS) is 1. The van der Waals surface area contributed by atoms with Crippen molar-refractivity contribution in [3.63, 3.8) is 0 Å². The first-order valence-electron chi connectivity index (χ1n) is 9.96. The number of hydrogen-bond acceptors (Lipinski definition) is 3. The van der Waals surface area contributed by atoms with Crippen molar-refractivity contribution >= 4 is 46.7 Å². The second kappa shape index (κ2) is 10.8. The highest BCUT2D eigenvalue weighted by atomic mass is 35.5. The maximum Gasteiger partial charge on any atom is 0.304 e. The van der Waals surface area contributed by atoms with Gasteiger partial charge in [-0.3, -0.25) is 9.59 Å². The zero-order valence-corrected chi connectivity index (χ0v) is 19.0. The summed E-state index contributed by atoms with van der Waals surface area (Å²) in [4.78, 5) is 28.1. The lowest BCUT2D eigenvalue weighted by Crippen LogP contribution is -2.23. The van der Waals surface area contributed by atoms with Crippen LogP contribution in [0.25, 0.3) is 0 Å². The Morgan fingerprint density at radius 3 is 2.30 bits per heavy atom. The summed E-state index contributed by atoms with van der Waals surface area (Å²) in [7, 11) is 0. The van der Waals surface area contributed by atoms with Crippen molar-refractivity contribution in [3.05, 3.63) is 99.0 Å². The highest BCUT2D eigenvalue weighted by Gasteiger charge is 2.19. The number of carbonyl (C=O) groups is 2. The Hall–Kier alpha value is -3.55. The number of hydrogen-bond donors (Lipinski definition) is 4. The molecule has 6 N–H and O–H groups in total. The number of halogens is 2. The molecule has 0 aliphatic rings. The molecule has 0 heterocycles. The summed E-state index contributed by atoms with van der Waals surface area (Å²) in [6.45, 7) is 0.245. The molecule has 3 rings (SSSR count). The number of carboxylic acids is 1. The number of nitrogens with two attached hydrogens (primary N) is 2. The molecule has 0 saturated heterocycles. The van der Waals surface area contributed by atoms with Crippen LogP contribution in [0.1, 0.15) is 39.4 Å². The number of nitrogens with one attached hydrogen (secondary N) is 1. The maximum absolute atomic E-state index is 12.6. The van der Waals surface area contributed by atoms with Crippen LogP contribution in [0.2, 0.25) is 10.0 Å². The van der Waals surface area contributed by atoms with E-state index in [1.54, 1.807) is 42.5 Å². The molecular weight excluding hydrogens is 463 g/mol. The van der Waals surface area contributed by atoms with Crippen LogP contribution in [0.3, 0.4) is 0 Å². The predicted octanol–water partition coefficient (Wildman–Crippen LogP) is 4.43. The Labute approximate surface area is 201 Å². The Bertz CT molecular complexity index is 1190. The van der Waals surface area contributed by atoms with E-state index in [9.17, 15) is 14.7 Å². The van der Waals surface area contributed by atoms with Gasteiger partial charge in [0.1, 0.15) is 0 Å². The van der Waals surface area contributed by atoms with Gasteiger partial charge in [0.2, 0.25) is 0 Å². The number of aliphatic imine (C=N–C) groups is 1. The van der Waals surface area contributed by atoms with Gasteiger partial charge in [0.25, 0.3) is 5.91 Å². The number of guanidine groups is 1. The maximum atomic E-state index is 12.6. The van der Waals surface area contributed by atoms with E-state index >= 15 is 0 Å². The van der Waals surface area contributed by atoms with Crippen LogP contribution in [0.5, 0.6) is 0 Å². The molecule has 0 radical (unpaired) electrons. The Morgan fingerprint density at radius 1 is 0.939 bits per heavy atom. The molecule has 0 aromatic heterocycles. The zero-order chi connectivity index (χ0) is 24.0. The average Bonchev–Trinajstić information content (AvgIpc) is 2.75. The van der Waals surface area contributed by atoms with Crippen LogP contribution in [0, 0.1) is 0 Å². The van der Waals surface area contributed by atoms with Gasteiger partial charge >= 0.3 is 5.97 Å². The minimum absolute atomic E-state index is 0.0960. The van der Waals surface area contributed by atoms with Crippen LogP contribution in [0.4, 0.5) is 5.69 Å². The van der Waals surface area contributed by atoms with Crippen molar-refractivity contribution in [1.29, 1.82) is 0 Å². The molecule has 1 atom stereocenters. The Morgan fingerprint density at radius 2 is 1.64 bits per heavy atom. The second-order valence-electron chi connectivity index (χ2n) is 7.37. The van der Waals surface area contributed by atoms with Crippen molar-refractivity contribution in [3.8, 4) is 0 Å². The van der Waals surface area contributed by atoms with Gasteiger partial charge in [0, 0.05) is 28.1 Å². The van der Waals surface area contributed by atoms with Crippen LogP contribution >= 0.6 is 23.2 Å². The van der Waals surface area contributed by atoms with Crippen LogP contribution in [0.15, 0.2) is 71.7 Å². The van der Waals surface area contributed by atoms with Gasteiger partial charge in [-0.15, -0.1) is 0 Å². The van der Waals surface area contributed by atoms with Gasteiger partial charge in [0.15, 0.2) is 5.96 Å². The van der Waals surface area contributed by atoms with E-state index in [1.165, 1.54) is 0 Å². The van der Waals surface area contributed by atoms with E-state index in [4.69, 9.17) is 34.7 Å². The van der Waals surface area contributed by atoms with E-state index in [0.717, 1.165) is 11.1 Å². The fourth-order valence-corrected chi connectivity index (χ4v) is 3.99. The topological polar surface area (TPSA) is 131 Å². The number of amides is 1. The van der Waals surface area contributed by atoms with E-state index in [2.05, 4.69) is 10.3 Å².